The zero-order chi connectivity index (χ0) is 18.3. The molecule has 1 N–H and O–H groups in total. The molecule has 2 atom stereocenters. The summed E-state index contributed by atoms with van der Waals surface area (Å²) in [5, 5.41) is 12.7. The first kappa shape index (κ1) is 17.7. The molecule has 1 aliphatic carbocycles. The summed E-state index contributed by atoms with van der Waals surface area (Å²) in [6.45, 7) is 7.46. The molecule has 0 aromatic carbocycles. The highest BCUT2D eigenvalue weighted by atomic mass is 15.3. The maximum absolute atomic E-state index is 4.54. The van der Waals surface area contributed by atoms with Crippen molar-refractivity contribution in [2.45, 2.75) is 58.2 Å². The maximum Gasteiger partial charge on any atom is 0.0641 e. The molecule has 1 saturated carbocycles. The quantitative estimate of drug-likeness (QED) is 0.864. The van der Waals surface area contributed by atoms with Crippen molar-refractivity contribution in [1.82, 2.24) is 29.8 Å². The van der Waals surface area contributed by atoms with Gasteiger partial charge in [0.05, 0.1) is 17.4 Å². The van der Waals surface area contributed by atoms with Gasteiger partial charge in [0.15, 0.2) is 0 Å². The molecule has 1 saturated heterocycles. The van der Waals surface area contributed by atoms with Crippen LogP contribution in [0.15, 0.2) is 12.3 Å². The molecule has 2 aromatic rings. The van der Waals surface area contributed by atoms with E-state index in [1.165, 1.54) is 49.2 Å². The van der Waals surface area contributed by atoms with Gasteiger partial charge in [-0.3, -0.25) is 14.3 Å². The van der Waals surface area contributed by atoms with Crippen LogP contribution in [0, 0.1) is 19.8 Å². The molecular weight excluding hydrogens is 324 g/mol. The first-order valence-corrected chi connectivity index (χ1v) is 9.99. The number of nitrogens with one attached hydrogen (secondary N) is 1. The van der Waals surface area contributed by atoms with E-state index in [1.807, 2.05) is 17.9 Å². The third kappa shape index (κ3) is 3.32. The van der Waals surface area contributed by atoms with Crippen LogP contribution in [-0.2, 0) is 20.6 Å². The Hall–Kier alpha value is -1.66. The average Bonchev–Trinajstić information content (AvgIpc) is 3.34. The number of nitrogens with zero attached hydrogens (tertiary/aromatic N) is 5. The molecule has 0 unspecified atom stereocenters. The minimum atomic E-state index is 0.493. The zero-order valence-electron chi connectivity index (χ0n) is 16.6. The van der Waals surface area contributed by atoms with Crippen LogP contribution in [-0.4, -0.2) is 43.6 Å². The highest BCUT2D eigenvalue weighted by molar-refractivity contribution is 5.24. The van der Waals surface area contributed by atoms with E-state index < -0.39 is 0 Å². The predicted octanol–water partition coefficient (Wildman–Crippen LogP) is 2.48. The van der Waals surface area contributed by atoms with Crippen molar-refractivity contribution in [1.29, 1.82) is 0 Å². The van der Waals surface area contributed by atoms with E-state index in [-0.39, 0.29) is 0 Å². The second-order valence-electron chi connectivity index (χ2n) is 8.10. The number of piperidine rings is 1. The minimum absolute atomic E-state index is 0.493. The first-order chi connectivity index (χ1) is 12.6. The average molecular weight is 357 g/mol. The lowest BCUT2D eigenvalue weighted by molar-refractivity contribution is 0.0777. The summed E-state index contributed by atoms with van der Waals surface area (Å²) in [7, 11) is 4.11. The lowest BCUT2D eigenvalue weighted by atomic mass is 9.86. The van der Waals surface area contributed by atoms with Crippen molar-refractivity contribution in [3.63, 3.8) is 0 Å². The summed E-state index contributed by atoms with van der Waals surface area (Å²) in [4.78, 5) is 2.76. The Bertz CT molecular complexity index is 756. The fourth-order valence-corrected chi connectivity index (χ4v) is 4.67. The van der Waals surface area contributed by atoms with E-state index in [4.69, 9.17) is 0 Å². The summed E-state index contributed by atoms with van der Waals surface area (Å²) < 4.78 is 4.06. The van der Waals surface area contributed by atoms with E-state index in [2.05, 4.69) is 52.1 Å². The van der Waals surface area contributed by atoms with Crippen molar-refractivity contribution >= 4 is 0 Å². The molecule has 0 spiro atoms. The standard InChI is InChI=1S/C20H32N6/c1-14-18(15(2)24(3)23-14)13-21-12-16-6-5-11-26(17-7-8-17)20(16)19-9-10-22-25(19)4/h9-10,16-17,20-21H,5-8,11-13H2,1-4H3/t16-,20+/m0/s1. The van der Waals surface area contributed by atoms with Gasteiger partial charge >= 0.3 is 0 Å². The molecule has 6 nitrogen and oxygen atoms in total. The fraction of sp³-hybridized carbons (Fsp3) is 0.700. The molecular formula is C20H32N6. The predicted molar refractivity (Wildman–Crippen MR) is 103 cm³/mol. The molecule has 142 valence electrons. The molecule has 4 rings (SSSR count). The Balaban J connectivity index is 1.47. The normalized spacial score (nSPS) is 24.3. The van der Waals surface area contributed by atoms with Gasteiger partial charge in [0.2, 0.25) is 0 Å². The molecule has 26 heavy (non-hydrogen) atoms. The van der Waals surface area contributed by atoms with Gasteiger partial charge < -0.3 is 5.32 Å². The summed E-state index contributed by atoms with van der Waals surface area (Å²) in [5.41, 5.74) is 5.13. The van der Waals surface area contributed by atoms with E-state index >= 15 is 0 Å². The molecule has 0 amide bonds. The number of aryl methyl sites for hydroxylation is 3. The van der Waals surface area contributed by atoms with Gasteiger partial charge in [-0.1, -0.05) is 0 Å². The highest BCUT2D eigenvalue weighted by Crippen LogP contribution is 2.42. The van der Waals surface area contributed by atoms with Gasteiger partial charge in [-0.2, -0.15) is 10.2 Å². The van der Waals surface area contributed by atoms with Gasteiger partial charge in [0.1, 0.15) is 0 Å². The first-order valence-electron chi connectivity index (χ1n) is 9.99. The van der Waals surface area contributed by atoms with Crippen LogP contribution < -0.4 is 5.32 Å². The lowest BCUT2D eigenvalue weighted by Gasteiger charge is -2.42. The number of hydrogen-bond donors (Lipinski definition) is 1. The molecule has 2 aromatic heterocycles. The van der Waals surface area contributed by atoms with Crippen LogP contribution >= 0.6 is 0 Å². The topological polar surface area (TPSA) is 50.9 Å². The number of aromatic nitrogens is 4. The Morgan fingerprint density at radius 2 is 1.96 bits per heavy atom. The number of rotatable bonds is 6. The van der Waals surface area contributed by atoms with Crippen LogP contribution in [0.25, 0.3) is 0 Å². The Labute approximate surface area is 156 Å². The van der Waals surface area contributed by atoms with Crippen LogP contribution in [0.1, 0.15) is 54.4 Å². The van der Waals surface area contributed by atoms with E-state index in [1.54, 1.807) is 0 Å². The lowest BCUT2D eigenvalue weighted by Crippen LogP contribution is -2.44. The van der Waals surface area contributed by atoms with Crippen LogP contribution in [0.3, 0.4) is 0 Å². The summed E-state index contributed by atoms with van der Waals surface area (Å²) in [6, 6.07) is 3.50. The Morgan fingerprint density at radius 1 is 1.15 bits per heavy atom. The molecule has 3 heterocycles. The molecule has 0 radical (unpaired) electrons. The molecule has 2 aliphatic rings. The van der Waals surface area contributed by atoms with Crippen molar-refractivity contribution in [2.24, 2.45) is 20.0 Å². The Morgan fingerprint density at radius 3 is 2.58 bits per heavy atom. The molecule has 0 bridgehead atoms. The number of likely N-dealkylation sites (tertiary alicyclic amines) is 1. The summed E-state index contributed by atoms with van der Waals surface area (Å²) in [5.74, 6) is 0.636. The molecule has 1 aliphatic heterocycles. The minimum Gasteiger partial charge on any atom is -0.312 e. The second-order valence-corrected chi connectivity index (χ2v) is 8.10. The van der Waals surface area contributed by atoms with Crippen molar-refractivity contribution in [3.8, 4) is 0 Å². The summed E-state index contributed by atoms with van der Waals surface area (Å²) in [6.07, 6.45) is 7.27. The molecule has 2 fully saturated rings. The highest BCUT2D eigenvalue weighted by Gasteiger charge is 2.41. The van der Waals surface area contributed by atoms with Gasteiger partial charge in [-0.15, -0.1) is 0 Å². The van der Waals surface area contributed by atoms with Crippen LogP contribution in [0.5, 0.6) is 0 Å². The Kier molecular flexibility index (Phi) is 4.88. The zero-order valence-corrected chi connectivity index (χ0v) is 16.6. The van der Waals surface area contributed by atoms with E-state index in [0.29, 0.717) is 12.0 Å². The third-order valence-corrected chi connectivity index (χ3v) is 6.34. The van der Waals surface area contributed by atoms with Gasteiger partial charge in [-0.05, 0) is 58.1 Å². The van der Waals surface area contributed by atoms with Crippen molar-refractivity contribution in [2.75, 3.05) is 13.1 Å². The van der Waals surface area contributed by atoms with Gasteiger partial charge in [0.25, 0.3) is 0 Å². The SMILES string of the molecule is Cc1nn(C)c(C)c1CNC[C@@H]1CCCN(C2CC2)[C@H]1c1ccnn1C. The summed E-state index contributed by atoms with van der Waals surface area (Å²) >= 11 is 0. The maximum atomic E-state index is 4.54. The largest absolute Gasteiger partial charge is 0.312 e. The van der Waals surface area contributed by atoms with Crippen molar-refractivity contribution in [3.05, 3.63) is 34.9 Å². The van der Waals surface area contributed by atoms with E-state index in [0.717, 1.165) is 24.8 Å². The monoisotopic (exact) mass is 356 g/mol. The van der Waals surface area contributed by atoms with E-state index in [9.17, 15) is 0 Å². The number of hydrogen-bond acceptors (Lipinski definition) is 4. The van der Waals surface area contributed by atoms with Gasteiger partial charge in [-0.25, -0.2) is 0 Å². The van der Waals surface area contributed by atoms with Crippen LogP contribution in [0.2, 0.25) is 0 Å². The fourth-order valence-electron chi connectivity index (χ4n) is 4.67. The molecule has 6 heteroatoms. The van der Waals surface area contributed by atoms with Crippen molar-refractivity contribution < 1.29 is 0 Å². The third-order valence-electron chi connectivity index (χ3n) is 6.34. The van der Waals surface area contributed by atoms with Crippen LogP contribution in [0.4, 0.5) is 0 Å². The second kappa shape index (κ2) is 7.16. The van der Waals surface area contributed by atoms with Gasteiger partial charge in [0, 0.05) is 50.7 Å². The smallest absolute Gasteiger partial charge is 0.0641 e.